The van der Waals surface area contributed by atoms with E-state index >= 15 is 0 Å². The van der Waals surface area contributed by atoms with Crippen LogP contribution in [-0.2, 0) is 17.6 Å². The predicted octanol–water partition coefficient (Wildman–Crippen LogP) is 3.74. The van der Waals surface area contributed by atoms with Crippen LogP contribution in [-0.4, -0.2) is 25.2 Å². The number of hydrogen-bond donors (Lipinski definition) is 2. The minimum atomic E-state index is 0.251. The van der Waals surface area contributed by atoms with E-state index in [4.69, 9.17) is 10.5 Å². The summed E-state index contributed by atoms with van der Waals surface area (Å²) in [5.41, 5.74) is 10.1. The number of fused-ring (bicyclic) bond motifs is 1. The topological polar surface area (TPSA) is 59.6 Å². The molecule has 0 amide bonds. The highest BCUT2D eigenvalue weighted by Crippen LogP contribution is 2.27. The first-order valence-corrected chi connectivity index (χ1v) is 8.91. The van der Waals surface area contributed by atoms with E-state index in [0.29, 0.717) is 18.4 Å². The van der Waals surface area contributed by atoms with Gasteiger partial charge in [-0.1, -0.05) is 26.0 Å². The number of aryl methyl sites for hydroxylation is 1. The lowest BCUT2D eigenvalue weighted by Gasteiger charge is -2.21. The first-order chi connectivity index (χ1) is 11.1. The van der Waals surface area contributed by atoms with Gasteiger partial charge in [0.05, 0.1) is 6.10 Å². The largest absolute Gasteiger partial charge is 0.378 e. The molecule has 4 heteroatoms. The zero-order valence-corrected chi connectivity index (χ0v) is 14.8. The van der Waals surface area contributed by atoms with E-state index in [1.54, 1.807) is 0 Å². The molecule has 0 fully saturated rings. The van der Waals surface area contributed by atoms with Crippen molar-refractivity contribution < 1.29 is 4.74 Å². The van der Waals surface area contributed by atoms with E-state index in [1.807, 2.05) is 6.92 Å². The number of aliphatic imine (C=N–C) groups is 1. The minimum Gasteiger partial charge on any atom is -0.378 e. The maximum Gasteiger partial charge on any atom is 0.193 e. The Morgan fingerprint density at radius 3 is 2.83 bits per heavy atom. The van der Waals surface area contributed by atoms with Gasteiger partial charge >= 0.3 is 0 Å². The number of ether oxygens (including phenoxy) is 1. The molecule has 0 aliphatic heterocycles. The summed E-state index contributed by atoms with van der Waals surface area (Å²) in [6.45, 7) is 7.84. The van der Waals surface area contributed by atoms with E-state index in [9.17, 15) is 0 Å². The molecule has 0 radical (unpaired) electrons. The Morgan fingerprint density at radius 2 is 2.09 bits per heavy atom. The van der Waals surface area contributed by atoms with E-state index in [0.717, 1.165) is 25.1 Å². The van der Waals surface area contributed by atoms with Crippen molar-refractivity contribution in [2.45, 2.75) is 59.0 Å². The van der Waals surface area contributed by atoms with Gasteiger partial charge in [0.25, 0.3) is 0 Å². The van der Waals surface area contributed by atoms with Crippen molar-refractivity contribution in [2.24, 2.45) is 16.6 Å². The van der Waals surface area contributed by atoms with Crippen LogP contribution in [0.1, 0.15) is 51.2 Å². The molecule has 23 heavy (non-hydrogen) atoms. The summed E-state index contributed by atoms with van der Waals surface area (Å²) in [4.78, 5) is 4.48. The first-order valence-electron chi connectivity index (χ1n) is 8.91. The smallest absolute Gasteiger partial charge is 0.193 e. The molecule has 0 spiro atoms. The lowest BCUT2D eigenvalue weighted by atomic mass is 9.90. The second-order valence-electron chi connectivity index (χ2n) is 6.57. The number of anilines is 1. The van der Waals surface area contributed by atoms with Crippen molar-refractivity contribution in [3.63, 3.8) is 0 Å². The van der Waals surface area contributed by atoms with Gasteiger partial charge in [-0.05, 0) is 62.1 Å². The second-order valence-corrected chi connectivity index (χ2v) is 6.57. The maximum atomic E-state index is 6.07. The number of rotatable bonds is 7. The van der Waals surface area contributed by atoms with Gasteiger partial charge in [-0.25, -0.2) is 0 Å². The summed E-state index contributed by atoms with van der Waals surface area (Å²) >= 11 is 0. The van der Waals surface area contributed by atoms with Gasteiger partial charge < -0.3 is 15.8 Å². The van der Waals surface area contributed by atoms with E-state index in [-0.39, 0.29) is 6.10 Å². The third kappa shape index (κ3) is 5.24. The monoisotopic (exact) mass is 317 g/mol. The Balaban J connectivity index is 1.92. The van der Waals surface area contributed by atoms with E-state index in [1.165, 1.54) is 30.4 Å². The molecule has 3 N–H and O–H groups in total. The van der Waals surface area contributed by atoms with Gasteiger partial charge in [-0.3, -0.25) is 4.99 Å². The summed E-state index contributed by atoms with van der Waals surface area (Å²) < 4.78 is 5.75. The van der Waals surface area contributed by atoms with Crippen molar-refractivity contribution in [3.05, 3.63) is 29.3 Å². The van der Waals surface area contributed by atoms with Crippen LogP contribution in [0.15, 0.2) is 23.2 Å². The SMILES string of the molecule is CCOC(CCN=C(N)Nc1cccc2c1CCCC2)C(C)C. The molecule has 1 atom stereocenters. The van der Waals surface area contributed by atoms with Gasteiger partial charge in [0, 0.05) is 18.8 Å². The highest BCUT2D eigenvalue weighted by Gasteiger charge is 2.14. The zero-order valence-electron chi connectivity index (χ0n) is 14.8. The van der Waals surface area contributed by atoms with Crippen LogP contribution < -0.4 is 11.1 Å². The lowest BCUT2D eigenvalue weighted by molar-refractivity contribution is 0.0266. The number of benzene rings is 1. The van der Waals surface area contributed by atoms with Crippen molar-refractivity contribution in [2.75, 3.05) is 18.5 Å². The average molecular weight is 317 g/mol. The summed E-state index contributed by atoms with van der Waals surface area (Å²) in [6.07, 6.45) is 6.00. The predicted molar refractivity (Wildman–Crippen MR) is 98.1 cm³/mol. The van der Waals surface area contributed by atoms with Crippen LogP contribution in [0.5, 0.6) is 0 Å². The summed E-state index contributed by atoms with van der Waals surface area (Å²) in [7, 11) is 0. The normalized spacial score (nSPS) is 16.3. The third-order valence-corrected chi connectivity index (χ3v) is 4.48. The van der Waals surface area contributed by atoms with Crippen LogP contribution in [0, 0.1) is 5.92 Å². The minimum absolute atomic E-state index is 0.251. The lowest BCUT2D eigenvalue weighted by Crippen LogP contribution is -2.26. The third-order valence-electron chi connectivity index (χ3n) is 4.48. The summed E-state index contributed by atoms with van der Waals surface area (Å²) in [6, 6.07) is 6.43. The Morgan fingerprint density at radius 1 is 1.30 bits per heavy atom. The molecule has 0 aromatic heterocycles. The summed E-state index contributed by atoms with van der Waals surface area (Å²) in [5, 5.41) is 3.29. The molecule has 1 aromatic rings. The van der Waals surface area contributed by atoms with Crippen LogP contribution in [0.3, 0.4) is 0 Å². The van der Waals surface area contributed by atoms with Crippen LogP contribution in [0.25, 0.3) is 0 Å². The first kappa shape index (κ1) is 17.8. The Kier molecular flexibility index (Phi) is 6.90. The maximum absolute atomic E-state index is 6.07. The second kappa shape index (κ2) is 8.92. The molecule has 4 nitrogen and oxygen atoms in total. The van der Waals surface area contributed by atoms with Crippen molar-refractivity contribution in [3.8, 4) is 0 Å². The van der Waals surface area contributed by atoms with Gasteiger partial charge in [0.1, 0.15) is 0 Å². The van der Waals surface area contributed by atoms with E-state index < -0.39 is 0 Å². The zero-order chi connectivity index (χ0) is 16.7. The molecule has 0 heterocycles. The number of nitrogens with one attached hydrogen (secondary N) is 1. The quantitative estimate of drug-likeness (QED) is 0.595. The number of hydrogen-bond acceptors (Lipinski definition) is 2. The average Bonchev–Trinajstić information content (AvgIpc) is 2.54. The Labute approximate surface area is 140 Å². The molecule has 0 saturated carbocycles. The highest BCUT2D eigenvalue weighted by atomic mass is 16.5. The molecular formula is C19H31N3O. The molecule has 0 bridgehead atoms. The number of guanidine groups is 1. The van der Waals surface area contributed by atoms with Crippen molar-refractivity contribution >= 4 is 11.6 Å². The molecule has 1 aromatic carbocycles. The number of nitrogens with zero attached hydrogens (tertiary/aromatic N) is 1. The number of nitrogens with two attached hydrogens (primary N) is 1. The van der Waals surface area contributed by atoms with Crippen LogP contribution >= 0.6 is 0 Å². The van der Waals surface area contributed by atoms with Crippen LogP contribution in [0.2, 0.25) is 0 Å². The molecule has 0 saturated heterocycles. The Hall–Kier alpha value is -1.55. The molecule has 128 valence electrons. The van der Waals surface area contributed by atoms with Crippen molar-refractivity contribution in [1.82, 2.24) is 0 Å². The molecule has 1 unspecified atom stereocenters. The van der Waals surface area contributed by atoms with E-state index in [2.05, 4.69) is 42.4 Å². The summed E-state index contributed by atoms with van der Waals surface area (Å²) in [5.74, 6) is 1.00. The Bertz CT molecular complexity index is 525. The fraction of sp³-hybridized carbons (Fsp3) is 0.632. The van der Waals surface area contributed by atoms with Gasteiger partial charge in [0.2, 0.25) is 0 Å². The van der Waals surface area contributed by atoms with Gasteiger partial charge in [0.15, 0.2) is 5.96 Å². The molecular weight excluding hydrogens is 286 g/mol. The van der Waals surface area contributed by atoms with Crippen LogP contribution in [0.4, 0.5) is 5.69 Å². The molecule has 1 aliphatic rings. The van der Waals surface area contributed by atoms with Crippen molar-refractivity contribution in [1.29, 1.82) is 0 Å². The van der Waals surface area contributed by atoms with Gasteiger partial charge in [-0.2, -0.15) is 0 Å². The highest BCUT2D eigenvalue weighted by molar-refractivity contribution is 5.93. The fourth-order valence-electron chi connectivity index (χ4n) is 3.21. The standard InChI is InChI=1S/C19H31N3O/c1-4-23-18(14(2)3)12-13-21-19(20)22-17-11-7-9-15-8-5-6-10-16(15)17/h7,9,11,14,18H,4-6,8,10,12-13H2,1-3H3,(H3,20,21,22). The van der Waals surface area contributed by atoms with Gasteiger partial charge in [-0.15, -0.1) is 0 Å². The molecule has 1 aliphatic carbocycles. The fourth-order valence-corrected chi connectivity index (χ4v) is 3.21. The molecule has 2 rings (SSSR count).